The minimum absolute atomic E-state index is 0.0132. The van der Waals surface area contributed by atoms with Gasteiger partial charge >= 0.3 is 0 Å². The lowest BCUT2D eigenvalue weighted by Gasteiger charge is -2.15. The second kappa shape index (κ2) is 7.15. The second-order valence-electron chi connectivity index (χ2n) is 5.81. The summed E-state index contributed by atoms with van der Waals surface area (Å²) in [7, 11) is 0. The van der Waals surface area contributed by atoms with E-state index >= 15 is 0 Å². The first-order chi connectivity index (χ1) is 12.9. The van der Waals surface area contributed by atoms with Gasteiger partial charge in [0.25, 0.3) is 11.5 Å². The summed E-state index contributed by atoms with van der Waals surface area (Å²) in [5.41, 5.74) is 10.8. The fourth-order valence-corrected chi connectivity index (χ4v) is 2.55. The highest BCUT2D eigenvalue weighted by molar-refractivity contribution is 5.98. The molecule has 3 aromatic rings. The third kappa shape index (κ3) is 3.71. The smallest absolute Gasteiger partial charge is 0.267 e. The number of H-pyrrole nitrogens is 2. The number of aromatic amines is 2. The van der Waals surface area contributed by atoms with Crippen LogP contribution in [0.4, 0.5) is 17.5 Å². The van der Waals surface area contributed by atoms with Crippen molar-refractivity contribution in [2.45, 2.75) is 19.4 Å². The lowest BCUT2D eigenvalue weighted by molar-refractivity contribution is -0.118. The Bertz CT molecular complexity index is 1070. The Morgan fingerprint density at radius 2 is 2.07 bits per heavy atom. The van der Waals surface area contributed by atoms with Gasteiger partial charge in [0.2, 0.25) is 11.9 Å². The summed E-state index contributed by atoms with van der Waals surface area (Å²) in [5, 5.41) is 13.3. The molecule has 2 aromatic heterocycles. The minimum Gasteiger partial charge on any atom is -0.368 e. The van der Waals surface area contributed by atoms with Crippen LogP contribution in [0.1, 0.15) is 23.7 Å². The van der Waals surface area contributed by atoms with Crippen LogP contribution in [0.25, 0.3) is 10.9 Å². The Hall–Kier alpha value is -3.89. The average Bonchev–Trinajstić information content (AvgIpc) is 3.06. The van der Waals surface area contributed by atoms with E-state index in [2.05, 4.69) is 30.8 Å². The van der Waals surface area contributed by atoms with E-state index in [9.17, 15) is 14.4 Å². The van der Waals surface area contributed by atoms with E-state index in [1.165, 1.54) is 0 Å². The summed E-state index contributed by atoms with van der Waals surface area (Å²) in [5.74, 6) is -1.60. The number of amides is 2. The predicted molar refractivity (Wildman–Crippen MR) is 99.6 cm³/mol. The Morgan fingerprint density at radius 1 is 1.30 bits per heavy atom. The first kappa shape index (κ1) is 17.9. The van der Waals surface area contributed by atoms with Gasteiger partial charge in [-0.05, 0) is 24.6 Å². The lowest BCUT2D eigenvalue weighted by atomic mass is 10.2. The molecule has 2 heterocycles. The van der Waals surface area contributed by atoms with Crippen molar-refractivity contribution in [1.82, 2.24) is 20.2 Å². The van der Waals surface area contributed by atoms with Crippen molar-refractivity contribution in [2.24, 2.45) is 11.5 Å². The summed E-state index contributed by atoms with van der Waals surface area (Å²) in [6.45, 7) is 1.75. The van der Waals surface area contributed by atoms with E-state index in [0.29, 0.717) is 12.1 Å². The number of nitrogens with two attached hydrogens (primary N) is 2. The summed E-state index contributed by atoms with van der Waals surface area (Å²) < 4.78 is 0. The maximum atomic E-state index is 12.3. The second-order valence-corrected chi connectivity index (χ2v) is 5.81. The molecule has 0 bridgehead atoms. The van der Waals surface area contributed by atoms with Crippen molar-refractivity contribution in [3.8, 4) is 0 Å². The fourth-order valence-electron chi connectivity index (χ4n) is 2.55. The summed E-state index contributed by atoms with van der Waals surface area (Å²) >= 11 is 0. The minimum atomic E-state index is -0.942. The predicted octanol–water partition coefficient (Wildman–Crippen LogP) is 0.165. The van der Waals surface area contributed by atoms with Crippen molar-refractivity contribution in [3.05, 3.63) is 40.3 Å². The van der Waals surface area contributed by atoms with Gasteiger partial charge in [0.1, 0.15) is 11.6 Å². The van der Waals surface area contributed by atoms with E-state index in [4.69, 9.17) is 11.5 Å². The summed E-state index contributed by atoms with van der Waals surface area (Å²) in [6.07, 6.45) is 2.05. The molecule has 0 aliphatic carbocycles. The van der Waals surface area contributed by atoms with E-state index in [1.54, 1.807) is 31.3 Å². The quantitative estimate of drug-likeness (QED) is 0.342. The largest absolute Gasteiger partial charge is 0.368 e. The molecule has 11 nitrogen and oxygen atoms in total. The van der Waals surface area contributed by atoms with Gasteiger partial charge in [-0.25, -0.2) is 0 Å². The van der Waals surface area contributed by atoms with Crippen molar-refractivity contribution in [2.75, 3.05) is 10.6 Å². The molecule has 8 N–H and O–H groups in total. The molecule has 27 heavy (non-hydrogen) atoms. The molecular weight excluding hydrogens is 352 g/mol. The maximum Gasteiger partial charge on any atom is 0.267 e. The molecule has 3 rings (SSSR count). The number of aromatic nitrogens is 4. The number of carbonyl (C=O) groups excluding carboxylic acids is 2. The van der Waals surface area contributed by atoms with Crippen LogP contribution < -0.4 is 27.7 Å². The third-order valence-electron chi connectivity index (χ3n) is 3.93. The van der Waals surface area contributed by atoms with Crippen molar-refractivity contribution >= 4 is 40.2 Å². The van der Waals surface area contributed by atoms with Crippen LogP contribution in [-0.2, 0) is 4.79 Å². The van der Waals surface area contributed by atoms with Crippen molar-refractivity contribution in [3.63, 3.8) is 0 Å². The first-order valence-corrected chi connectivity index (χ1v) is 8.09. The van der Waals surface area contributed by atoms with E-state index in [-0.39, 0.29) is 17.3 Å². The van der Waals surface area contributed by atoms with Gasteiger partial charge in [0.15, 0.2) is 5.82 Å². The van der Waals surface area contributed by atoms with E-state index in [1.807, 2.05) is 0 Å². The summed E-state index contributed by atoms with van der Waals surface area (Å²) in [6, 6.07) is 4.54. The van der Waals surface area contributed by atoms with Gasteiger partial charge in [-0.15, -0.1) is 0 Å². The van der Waals surface area contributed by atoms with Crippen LogP contribution in [0.15, 0.2) is 29.2 Å². The Labute approximate surface area is 152 Å². The molecule has 1 aromatic carbocycles. The van der Waals surface area contributed by atoms with E-state index in [0.717, 1.165) is 10.9 Å². The number of primary amides is 2. The molecule has 140 valence electrons. The van der Waals surface area contributed by atoms with Crippen LogP contribution in [0.2, 0.25) is 0 Å². The number of hydrogen-bond acceptors (Lipinski definition) is 7. The van der Waals surface area contributed by atoms with Gasteiger partial charge in [-0.1, -0.05) is 6.92 Å². The van der Waals surface area contributed by atoms with Crippen molar-refractivity contribution in [1.29, 1.82) is 0 Å². The zero-order chi connectivity index (χ0) is 19.6. The number of hydrogen-bond donors (Lipinski definition) is 6. The lowest BCUT2D eigenvalue weighted by Crippen LogP contribution is -2.36. The van der Waals surface area contributed by atoms with Gasteiger partial charge in [0, 0.05) is 11.1 Å². The zero-order valence-electron chi connectivity index (χ0n) is 14.4. The monoisotopic (exact) mass is 370 g/mol. The Morgan fingerprint density at radius 3 is 2.74 bits per heavy atom. The topological polar surface area (TPSA) is 185 Å². The number of nitrogens with zero attached hydrogens (tertiary/aromatic N) is 2. The number of carbonyl (C=O) groups is 2. The number of nitrogens with one attached hydrogen (secondary N) is 4. The molecule has 0 saturated heterocycles. The van der Waals surface area contributed by atoms with Crippen LogP contribution in [0.3, 0.4) is 0 Å². The number of fused-ring (bicyclic) bond motifs is 1. The molecule has 2 amide bonds. The Balaban J connectivity index is 2.01. The average molecular weight is 370 g/mol. The molecule has 0 fully saturated rings. The highest BCUT2D eigenvalue weighted by atomic mass is 16.2. The molecule has 0 aliphatic rings. The number of anilines is 3. The van der Waals surface area contributed by atoms with Gasteiger partial charge < -0.3 is 22.1 Å². The van der Waals surface area contributed by atoms with Gasteiger partial charge in [-0.2, -0.15) is 10.1 Å². The molecule has 0 spiro atoms. The molecule has 0 unspecified atom stereocenters. The maximum absolute atomic E-state index is 12.3. The van der Waals surface area contributed by atoms with Gasteiger partial charge in [0.05, 0.1) is 11.7 Å². The first-order valence-electron chi connectivity index (χ1n) is 8.09. The molecule has 0 aliphatic heterocycles. The molecule has 0 radical (unpaired) electrons. The third-order valence-corrected chi connectivity index (χ3v) is 3.93. The van der Waals surface area contributed by atoms with Crippen LogP contribution in [-0.4, -0.2) is 38.0 Å². The number of benzene rings is 1. The van der Waals surface area contributed by atoms with Crippen LogP contribution in [0.5, 0.6) is 0 Å². The normalized spacial score (nSPS) is 11.9. The highest BCUT2D eigenvalue weighted by Crippen LogP contribution is 2.21. The number of rotatable bonds is 7. The van der Waals surface area contributed by atoms with Crippen LogP contribution in [0, 0.1) is 0 Å². The van der Waals surface area contributed by atoms with Crippen molar-refractivity contribution < 1.29 is 9.59 Å². The zero-order valence-corrected chi connectivity index (χ0v) is 14.4. The van der Waals surface area contributed by atoms with Gasteiger partial charge in [-0.3, -0.25) is 24.5 Å². The highest BCUT2D eigenvalue weighted by Gasteiger charge is 2.20. The molecule has 0 saturated carbocycles. The molecular formula is C16H18N8O3. The SMILES string of the molecule is CC[C@@H](Nc1nc(Nc2ccc3cn[nH]c3c2)c(C(N)=O)c(=O)[nH]1)C(N)=O. The molecule has 11 heteroatoms. The molecule has 1 atom stereocenters. The van der Waals surface area contributed by atoms with E-state index < -0.39 is 23.4 Å². The fraction of sp³-hybridized carbons (Fsp3) is 0.188. The van der Waals surface area contributed by atoms with Crippen LogP contribution >= 0.6 is 0 Å². The Kier molecular flexibility index (Phi) is 4.75. The summed E-state index contributed by atoms with van der Waals surface area (Å²) in [4.78, 5) is 42.0. The standard InChI is InChI=1S/C16H18N8O3/c1-2-9(12(17)25)21-16-22-14(11(13(18)26)15(27)23-16)20-8-4-3-7-6-19-24-10(7)5-8/h3-6,9H,2H2,1H3,(H2,17,25)(H2,18,26)(H,19,24)(H3,20,21,22,23,27)/t9-/m1/s1.